The molecule has 1 aromatic carbocycles. The molecule has 0 spiro atoms. The van der Waals surface area contributed by atoms with Crippen LogP contribution in [-0.2, 0) is 9.53 Å². The van der Waals surface area contributed by atoms with E-state index in [1.165, 1.54) is 19.3 Å². The van der Waals surface area contributed by atoms with Gasteiger partial charge in [-0.25, -0.2) is 0 Å². The number of aromatic amines is 1. The van der Waals surface area contributed by atoms with Gasteiger partial charge in [0, 0.05) is 11.1 Å². The molecule has 0 aliphatic heterocycles. The Morgan fingerprint density at radius 1 is 1.50 bits per heavy atom. The number of anilines is 1. The van der Waals surface area contributed by atoms with Crippen molar-refractivity contribution >= 4 is 22.6 Å². The lowest BCUT2D eigenvalue weighted by Crippen LogP contribution is -2.47. The Kier molecular flexibility index (Phi) is 4.58. The molecule has 1 fully saturated rings. The minimum atomic E-state index is -0.209. The Labute approximate surface area is 129 Å². The van der Waals surface area contributed by atoms with E-state index in [1.807, 2.05) is 25.3 Å². The first-order valence-corrected chi connectivity index (χ1v) is 7.85. The van der Waals surface area contributed by atoms with Crippen molar-refractivity contribution in [2.75, 3.05) is 18.5 Å². The van der Waals surface area contributed by atoms with Gasteiger partial charge in [0.1, 0.15) is 0 Å². The van der Waals surface area contributed by atoms with Crippen LogP contribution in [0.1, 0.15) is 26.2 Å². The van der Waals surface area contributed by atoms with Crippen molar-refractivity contribution in [3.63, 3.8) is 0 Å². The average molecular weight is 302 g/mol. The van der Waals surface area contributed by atoms with Crippen LogP contribution in [0.4, 0.5) is 5.69 Å². The lowest BCUT2D eigenvalue weighted by Gasteiger charge is -2.35. The smallest absolute Gasteiger partial charge is 0.319 e. The number of benzene rings is 1. The van der Waals surface area contributed by atoms with Crippen molar-refractivity contribution in [2.24, 2.45) is 5.92 Å². The number of hydrogen-bond donors (Lipinski definition) is 3. The van der Waals surface area contributed by atoms with Crippen LogP contribution < -0.4 is 10.6 Å². The first-order valence-electron chi connectivity index (χ1n) is 7.85. The van der Waals surface area contributed by atoms with Gasteiger partial charge in [0.2, 0.25) is 0 Å². The number of nitrogens with one attached hydrogen (secondary N) is 3. The van der Waals surface area contributed by atoms with Crippen LogP contribution in [0, 0.1) is 5.92 Å². The number of nitrogens with zero attached hydrogens (tertiary/aromatic N) is 1. The van der Waals surface area contributed by atoms with Gasteiger partial charge in [-0.05, 0) is 43.9 Å². The second kappa shape index (κ2) is 6.79. The minimum Gasteiger partial charge on any atom is -0.465 e. The molecule has 1 aliphatic rings. The molecule has 3 rings (SSSR count). The van der Waals surface area contributed by atoms with E-state index < -0.39 is 0 Å². The molecule has 118 valence electrons. The molecule has 2 aromatic rings. The van der Waals surface area contributed by atoms with E-state index in [0.29, 0.717) is 12.5 Å². The van der Waals surface area contributed by atoms with Crippen molar-refractivity contribution in [1.29, 1.82) is 0 Å². The van der Waals surface area contributed by atoms with Crippen LogP contribution in [0.15, 0.2) is 24.4 Å². The maximum absolute atomic E-state index is 11.5. The number of esters is 1. The van der Waals surface area contributed by atoms with Gasteiger partial charge in [0.15, 0.2) is 0 Å². The van der Waals surface area contributed by atoms with E-state index in [0.717, 1.165) is 16.6 Å². The Bertz CT molecular complexity index is 636. The Morgan fingerprint density at radius 3 is 3.09 bits per heavy atom. The van der Waals surface area contributed by atoms with Crippen molar-refractivity contribution in [3.8, 4) is 0 Å². The van der Waals surface area contributed by atoms with Crippen molar-refractivity contribution < 1.29 is 9.53 Å². The van der Waals surface area contributed by atoms with Crippen LogP contribution >= 0.6 is 0 Å². The molecule has 22 heavy (non-hydrogen) atoms. The second-order valence-corrected chi connectivity index (χ2v) is 5.67. The van der Waals surface area contributed by atoms with Crippen LogP contribution in [0.5, 0.6) is 0 Å². The maximum atomic E-state index is 11.5. The third kappa shape index (κ3) is 3.39. The van der Waals surface area contributed by atoms with Gasteiger partial charge >= 0.3 is 5.97 Å². The van der Waals surface area contributed by atoms with E-state index in [-0.39, 0.29) is 18.7 Å². The molecule has 3 N–H and O–H groups in total. The number of aromatic nitrogens is 2. The largest absolute Gasteiger partial charge is 0.465 e. The summed E-state index contributed by atoms with van der Waals surface area (Å²) in [6.07, 6.45) is 5.51. The normalized spacial score (nSPS) is 16.2. The van der Waals surface area contributed by atoms with E-state index >= 15 is 0 Å². The lowest BCUT2D eigenvalue weighted by molar-refractivity contribution is -0.142. The molecule has 1 aliphatic carbocycles. The van der Waals surface area contributed by atoms with E-state index in [9.17, 15) is 4.79 Å². The van der Waals surface area contributed by atoms with Crippen LogP contribution in [-0.4, -0.2) is 35.5 Å². The molecule has 0 radical (unpaired) electrons. The van der Waals surface area contributed by atoms with Crippen LogP contribution in [0.3, 0.4) is 0 Å². The van der Waals surface area contributed by atoms with E-state index in [2.05, 4.69) is 26.9 Å². The van der Waals surface area contributed by atoms with Gasteiger partial charge in [-0.15, -0.1) is 0 Å². The molecule has 6 heteroatoms. The Balaban J connectivity index is 1.65. The molecule has 0 saturated heterocycles. The van der Waals surface area contributed by atoms with Crippen molar-refractivity contribution in [3.05, 3.63) is 24.4 Å². The highest BCUT2D eigenvalue weighted by Crippen LogP contribution is 2.30. The summed E-state index contributed by atoms with van der Waals surface area (Å²) in [4.78, 5) is 11.5. The van der Waals surface area contributed by atoms with E-state index in [1.54, 1.807) is 0 Å². The van der Waals surface area contributed by atoms with Crippen LogP contribution in [0.2, 0.25) is 0 Å². The Morgan fingerprint density at radius 2 is 2.36 bits per heavy atom. The summed E-state index contributed by atoms with van der Waals surface area (Å²) in [5.74, 6) is 0.341. The minimum absolute atomic E-state index is 0.0857. The van der Waals surface area contributed by atoms with E-state index in [4.69, 9.17) is 4.74 Å². The van der Waals surface area contributed by atoms with Crippen molar-refractivity contribution in [1.82, 2.24) is 15.5 Å². The number of carbonyl (C=O) groups excluding carboxylic acids is 1. The third-order valence-electron chi connectivity index (χ3n) is 4.16. The first kappa shape index (κ1) is 14.8. The zero-order valence-corrected chi connectivity index (χ0v) is 12.8. The van der Waals surface area contributed by atoms with Crippen LogP contribution in [0.25, 0.3) is 10.9 Å². The Hall–Kier alpha value is -2.08. The summed E-state index contributed by atoms with van der Waals surface area (Å²) < 4.78 is 4.98. The fourth-order valence-electron chi connectivity index (χ4n) is 2.73. The monoisotopic (exact) mass is 302 g/mol. The highest BCUT2D eigenvalue weighted by atomic mass is 16.5. The number of rotatable bonds is 7. The van der Waals surface area contributed by atoms with Gasteiger partial charge in [0.25, 0.3) is 0 Å². The summed E-state index contributed by atoms with van der Waals surface area (Å²) in [7, 11) is 0. The lowest BCUT2D eigenvalue weighted by atomic mass is 9.82. The molecule has 1 unspecified atom stereocenters. The van der Waals surface area contributed by atoms with Gasteiger partial charge in [0.05, 0.1) is 31.0 Å². The average Bonchev–Trinajstić information content (AvgIpc) is 2.90. The quantitative estimate of drug-likeness (QED) is 0.540. The zero-order chi connectivity index (χ0) is 15.4. The molecular weight excluding hydrogens is 280 g/mol. The second-order valence-electron chi connectivity index (χ2n) is 5.67. The third-order valence-corrected chi connectivity index (χ3v) is 4.16. The van der Waals surface area contributed by atoms with Gasteiger partial charge < -0.3 is 10.1 Å². The summed E-state index contributed by atoms with van der Waals surface area (Å²) in [6.45, 7) is 2.47. The first-order chi connectivity index (χ1) is 10.8. The highest BCUT2D eigenvalue weighted by Gasteiger charge is 2.27. The molecule has 1 saturated carbocycles. The summed E-state index contributed by atoms with van der Waals surface area (Å²) in [5.41, 5.74) is 2.05. The summed E-state index contributed by atoms with van der Waals surface area (Å²) >= 11 is 0. The molecule has 0 amide bonds. The molecular formula is C16H22N4O2. The number of H-pyrrole nitrogens is 1. The number of fused-ring (bicyclic) bond motifs is 1. The number of hydrogen-bond acceptors (Lipinski definition) is 5. The van der Waals surface area contributed by atoms with Gasteiger partial charge in [-0.2, -0.15) is 5.10 Å². The molecule has 1 atom stereocenters. The van der Waals surface area contributed by atoms with Gasteiger partial charge in [-0.1, -0.05) is 6.42 Å². The highest BCUT2D eigenvalue weighted by molar-refractivity contribution is 5.81. The number of carbonyl (C=O) groups is 1. The predicted octanol–water partition coefficient (Wildman–Crippen LogP) is 2.25. The number of ether oxygens (including phenoxy) is 1. The standard InChI is InChI=1S/C16H22N4O2/c1-2-22-15(21)10-17-16(11-4-3-5-11)19-13-6-7-14-12(8-13)9-18-20-14/h6-9,11,16-17,19H,2-5,10H2,1H3,(H,18,20). The fourth-order valence-corrected chi connectivity index (χ4v) is 2.73. The molecule has 1 aromatic heterocycles. The molecule has 0 bridgehead atoms. The maximum Gasteiger partial charge on any atom is 0.319 e. The topological polar surface area (TPSA) is 79.0 Å². The summed E-state index contributed by atoms with van der Waals surface area (Å²) in [5, 5.41) is 14.8. The molecule has 6 nitrogen and oxygen atoms in total. The fraction of sp³-hybridized carbons (Fsp3) is 0.500. The molecule has 1 heterocycles. The SMILES string of the molecule is CCOC(=O)CNC(Nc1ccc2[nH]ncc2c1)C1CCC1. The predicted molar refractivity (Wildman–Crippen MR) is 85.5 cm³/mol. The van der Waals surface area contributed by atoms with Gasteiger partial charge in [-0.3, -0.25) is 15.2 Å². The summed E-state index contributed by atoms with van der Waals surface area (Å²) in [6, 6.07) is 6.10. The van der Waals surface area contributed by atoms with Crippen molar-refractivity contribution in [2.45, 2.75) is 32.4 Å². The zero-order valence-electron chi connectivity index (χ0n) is 12.8.